The summed E-state index contributed by atoms with van der Waals surface area (Å²) in [5.41, 5.74) is 0. The highest BCUT2D eigenvalue weighted by Crippen LogP contribution is 2.01. The molecule has 0 aromatic heterocycles. The van der Waals surface area contributed by atoms with Gasteiger partial charge in [0.2, 0.25) is 11.8 Å². The predicted molar refractivity (Wildman–Crippen MR) is 92.2 cm³/mol. The van der Waals surface area contributed by atoms with Crippen LogP contribution in [0.1, 0.15) is 53.4 Å². The lowest BCUT2D eigenvalue weighted by atomic mass is 10.3. The van der Waals surface area contributed by atoms with Gasteiger partial charge in [0.05, 0.1) is 0 Å². The molecule has 0 unspecified atom stereocenters. The zero-order chi connectivity index (χ0) is 17.0. The summed E-state index contributed by atoms with van der Waals surface area (Å²) >= 11 is 0. The maximum absolute atomic E-state index is 12.1. The lowest BCUT2D eigenvalue weighted by molar-refractivity contribution is -0.128. The van der Waals surface area contributed by atoms with E-state index in [2.05, 4.69) is 0 Å². The molecule has 0 saturated carbocycles. The van der Waals surface area contributed by atoms with Gasteiger partial charge in [-0.1, -0.05) is 27.7 Å². The van der Waals surface area contributed by atoms with Crippen LogP contribution in [-0.4, -0.2) is 63.5 Å². The summed E-state index contributed by atoms with van der Waals surface area (Å²) in [6, 6.07) is 0. The van der Waals surface area contributed by atoms with E-state index in [1.807, 2.05) is 27.7 Å². The van der Waals surface area contributed by atoms with Crippen molar-refractivity contribution >= 4 is 22.6 Å². The molecule has 130 valence electrons. The van der Waals surface area contributed by atoms with Crippen LogP contribution in [0.4, 0.5) is 0 Å². The van der Waals surface area contributed by atoms with E-state index in [1.165, 1.54) is 0 Å². The topological polar surface area (TPSA) is 57.7 Å². The quantitative estimate of drug-likeness (QED) is 0.549. The molecule has 5 nitrogen and oxygen atoms in total. The van der Waals surface area contributed by atoms with Gasteiger partial charge < -0.3 is 9.80 Å². The molecule has 0 aromatic carbocycles. The summed E-state index contributed by atoms with van der Waals surface area (Å²) in [6.45, 7) is 10.8. The van der Waals surface area contributed by atoms with Crippen molar-refractivity contribution in [3.63, 3.8) is 0 Å². The number of amides is 2. The van der Waals surface area contributed by atoms with Crippen LogP contribution in [0.3, 0.4) is 0 Å². The van der Waals surface area contributed by atoms with Crippen molar-refractivity contribution in [1.29, 1.82) is 0 Å². The van der Waals surface area contributed by atoms with Crippen molar-refractivity contribution in [3.05, 3.63) is 0 Å². The van der Waals surface area contributed by atoms with Crippen molar-refractivity contribution in [3.8, 4) is 0 Å². The Morgan fingerprint density at radius 2 is 0.955 bits per heavy atom. The van der Waals surface area contributed by atoms with Crippen LogP contribution in [0.5, 0.6) is 0 Å². The van der Waals surface area contributed by atoms with E-state index in [0.29, 0.717) is 26.2 Å². The Morgan fingerprint density at radius 3 is 1.18 bits per heavy atom. The maximum atomic E-state index is 12.1. The Labute approximate surface area is 137 Å². The fourth-order valence-electron chi connectivity index (χ4n) is 2.31. The van der Waals surface area contributed by atoms with E-state index in [0.717, 1.165) is 25.7 Å². The number of carbonyl (C=O) groups excluding carboxylic acids is 2. The molecule has 2 amide bonds. The third kappa shape index (κ3) is 8.51. The van der Waals surface area contributed by atoms with Gasteiger partial charge in [-0.25, -0.2) is 0 Å². The second-order valence-corrected chi connectivity index (χ2v) is 6.95. The van der Waals surface area contributed by atoms with Crippen molar-refractivity contribution in [2.24, 2.45) is 0 Å². The molecule has 0 N–H and O–H groups in total. The highest BCUT2D eigenvalue weighted by atomic mass is 32.2. The summed E-state index contributed by atoms with van der Waals surface area (Å²) in [4.78, 5) is 27.8. The monoisotopic (exact) mass is 332 g/mol. The molecule has 0 fully saturated rings. The van der Waals surface area contributed by atoms with E-state index in [9.17, 15) is 13.8 Å². The first-order valence-electron chi connectivity index (χ1n) is 8.40. The van der Waals surface area contributed by atoms with Crippen LogP contribution < -0.4 is 0 Å². The summed E-state index contributed by atoms with van der Waals surface area (Å²) < 4.78 is 12.1. The zero-order valence-electron chi connectivity index (χ0n) is 14.6. The molecule has 0 aliphatic heterocycles. The van der Waals surface area contributed by atoms with Crippen LogP contribution in [0.15, 0.2) is 0 Å². The minimum atomic E-state index is -1.42. The number of hydrogen-bond acceptors (Lipinski definition) is 3. The van der Waals surface area contributed by atoms with E-state index in [4.69, 9.17) is 0 Å². The normalized spacial score (nSPS) is 10.8. The minimum absolute atomic E-state index is 0.0438. The molecule has 0 atom stereocenters. The van der Waals surface area contributed by atoms with Gasteiger partial charge in [0.15, 0.2) is 0 Å². The van der Waals surface area contributed by atoms with Gasteiger partial charge in [0, 0.05) is 37.0 Å². The Morgan fingerprint density at radius 1 is 0.682 bits per heavy atom. The Bertz CT molecular complexity index is 317. The fourth-order valence-corrected chi connectivity index (χ4v) is 3.33. The van der Waals surface area contributed by atoms with Crippen LogP contribution in [0.2, 0.25) is 0 Å². The highest BCUT2D eigenvalue weighted by Gasteiger charge is 2.19. The molecule has 0 saturated heterocycles. The van der Waals surface area contributed by atoms with E-state index in [-0.39, 0.29) is 23.3 Å². The van der Waals surface area contributed by atoms with Gasteiger partial charge in [-0.15, -0.1) is 0 Å². The maximum Gasteiger partial charge on any atom is 0.235 e. The highest BCUT2D eigenvalue weighted by molar-refractivity contribution is 7.86. The number of hydrogen-bond donors (Lipinski definition) is 0. The Hall–Kier alpha value is -0.910. The number of nitrogens with zero attached hydrogens (tertiary/aromatic N) is 2. The SMILES string of the molecule is CCCN(CCC)C(=O)CS(=O)CC(=O)N(CCC)CCC. The van der Waals surface area contributed by atoms with Crippen LogP contribution in [0.25, 0.3) is 0 Å². The number of rotatable bonds is 12. The average molecular weight is 333 g/mol. The van der Waals surface area contributed by atoms with Gasteiger partial charge >= 0.3 is 0 Å². The van der Waals surface area contributed by atoms with Gasteiger partial charge in [-0.3, -0.25) is 13.8 Å². The fraction of sp³-hybridized carbons (Fsp3) is 0.875. The van der Waals surface area contributed by atoms with Crippen molar-refractivity contribution in [1.82, 2.24) is 9.80 Å². The Kier molecular flexibility index (Phi) is 12.1. The van der Waals surface area contributed by atoms with E-state index >= 15 is 0 Å². The lowest BCUT2D eigenvalue weighted by Gasteiger charge is -2.23. The molecule has 0 radical (unpaired) electrons. The first-order valence-corrected chi connectivity index (χ1v) is 9.89. The third-order valence-electron chi connectivity index (χ3n) is 3.25. The summed E-state index contributed by atoms with van der Waals surface area (Å²) in [5.74, 6) is -0.296. The largest absolute Gasteiger partial charge is 0.342 e. The molecule has 0 rings (SSSR count). The van der Waals surface area contributed by atoms with Crippen molar-refractivity contribution in [2.45, 2.75) is 53.4 Å². The van der Waals surface area contributed by atoms with E-state index < -0.39 is 10.8 Å². The van der Waals surface area contributed by atoms with E-state index in [1.54, 1.807) is 9.80 Å². The molecule has 0 aliphatic rings. The third-order valence-corrected chi connectivity index (χ3v) is 4.39. The minimum Gasteiger partial charge on any atom is -0.342 e. The second-order valence-electron chi connectivity index (χ2n) is 5.49. The van der Waals surface area contributed by atoms with Crippen molar-refractivity contribution in [2.75, 3.05) is 37.7 Å². The van der Waals surface area contributed by atoms with Gasteiger partial charge in [-0.2, -0.15) is 0 Å². The molecule has 6 heteroatoms. The molecule has 0 heterocycles. The smallest absolute Gasteiger partial charge is 0.235 e. The summed E-state index contributed by atoms with van der Waals surface area (Å²) in [7, 11) is -1.42. The molecular weight excluding hydrogens is 300 g/mol. The molecular formula is C16H32N2O3S. The number of carbonyl (C=O) groups is 2. The van der Waals surface area contributed by atoms with Crippen LogP contribution in [0, 0.1) is 0 Å². The second kappa shape index (κ2) is 12.6. The van der Waals surface area contributed by atoms with Crippen molar-refractivity contribution < 1.29 is 13.8 Å². The molecule has 0 spiro atoms. The molecule has 22 heavy (non-hydrogen) atoms. The summed E-state index contributed by atoms with van der Waals surface area (Å²) in [5, 5.41) is 0. The lowest BCUT2D eigenvalue weighted by Crippen LogP contribution is -2.39. The van der Waals surface area contributed by atoms with Crippen LogP contribution >= 0.6 is 0 Å². The van der Waals surface area contributed by atoms with Gasteiger partial charge in [0.25, 0.3) is 0 Å². The Balaban J connectivity index is 4.45. The summed E-state index contributed by atoms with van der Waals surface area (Å²) in [6.07, 6.45) is 3.55. The molecule has 0 aromatic rings. The zero-order valence-corrected chi connectivity index (χ0v) is 15.4. The molecule has 0 bridgehead atoms. The van der Waals surface area contributed by atoms with Gasteiger partial charge in [0.1, 0.15) is 11.5 Å². The van der Waals surface area contributed by atoms with Crippen LogP contribution in [-0.2, 0) is 20.4 Å². The standard InChI is InChI=1S/C16H32N2O3S/c1-5-9-17(10-6-2)15(19)13-22(21)14-16(20)18(11-7-3)12-8-4/h5-14H2,1-4H3. The molecule has 0 aliphatic carbocycles. The first kappa shape index (κ1) is 21.1. The van der Waals surface area contributed by atoms with Gasteiger partial charge in [-0.05, 0) is 25.7 Å². The average Bonchev–Trinajstić information content (AvgIpc) is 2.46. The first-order chi connectivity index (χ1) is 10.5. The predicted octanol–water partition coefficient (Wildman–Crippen LogP) is 2.03.